The van der Waals surface area contributed by atoms with E-state index in [0.29, 0.717) is 6.42 Å². The average molecular weight is 210 g/mol. The zero-order chi connectivity index (χ0) is 12.1. The van der Waals surface area contributed by atoms with Gasteiger partial charge in [-0.05, 0) is 19.9 Å². The molecule has 2 nitrogen and oxygen atoms in total. The molecule has 0 unspecified atom stereocenters. The van der Waals surface area contributed by atoms with Gasteiger partial charge >= 0.3 is 5.97 Å². The van der Waals surface area contributed by atoms with Crippen LogP contribution >= 0.6 is 0 Å². The van der Waals surface area contributed by atoms with Crippen molar-refractivity contribution in [3.8, 4) is 0 Å². The van der Waals surface area contributed by atoms with Crippen LogP contribution in [0.3, 0.4) is 0 Å². The topological polar surface area (TPSA) is 26.3 Å². The Balaban J connectivity index is 4.82. The molecule has 86 valence electrons. The van der Waals surface area contributed by atoms with Crippen LogP contribution in [0.2, 0.25) is 0 Å². The van der Waals surface area contributed by atoms with Crippen LogP contribution in [-0.4, -0.2) is 12.1 Å². The van der Waals surface area contributed by atoms with Crippen molar-refractivity contribution in [3.05, 3.63) is 24.3 Å². The average Bonchev–Trinajstić information content (AvgIpc) is 2.15. The molecule has 0 bridgehead atoms. The van der Waals surface area contributed by atoms with Crippen molar-refractivity contribution >= 4 is 5.97 Å². The normalized spacial score (nSPS) is 12.9. The summed E-state index contributed by atoms with van der Waals surface area (Å²) in [4.78, 5) is 11.3. The van der Waals surface area contributed by atoms with E-state index in [0.717, 1.165) is 5.57 Å². The smallest absolute Gasteiger partial charge is 0.306 e. The molecule has 0 rings (SSSR count). The molecule has 0 aromatic rings. The van der Waals surface area contributed by atoms with E-state index < -0.39 is 0 Å². The molecule has 0 aliphatic rings. The van der Waals surface area contributed by atoms with Crippen LogP contribution in [-0.2, 0) is 9.53 Å². The standard InChI is InChI=1S/C13H22O2/c1-7-12(14)15-11(9-10(3)4)13(5,6)8-2/h8-9,11H,2,7H2,1,3-6H3/t11-/m0/s1. The summed E-state index contributed by atoms with van der Waals surface area (Å²) < 4.78 is 5.38. The van der Waals surface area contributed by atoms with E-state index in [1.165, 1.54) is 0 Å². The van der Waals surface area contributed by atoms with Gasteiger partial charge in [0.15, 0.2) is 0 Å². The van der Waals surface area contributed by atoms with E-state index in [-0.39, 0.29) is 17.5 Å². The Bertz CT molecular complexity index is 258. The van der Waals surface area contributed by atoms with Crippen LogP contribution in [0.15, 0.2) is 24.3 Å². The third kappa shape index (κ3) is 4.82. The minimum atomic E-state index is -0.234. The van der Waals surface area contributed by atoms with Gasteiger partial charge in [0.2, 0.25) is 0 Å². The summed E-state index contributed by atoms with van der Waals surface area (Å²) in [7, 11) is 0. The fourth-order valence-electron chi connectivity index (χ4n) is 1.04. The largest absolute Gasteiger partial charge is 0.457 e. The molecule has 0 spiro atoms. The van der Waals surface area contributed by atoms with Gasteiger partial charge < -0.3 is 4.74 Å². The summed E-state index contributed by atoms with van der Waals surface area (Å²) in [6.45, 7) is 13.6. The molecule has 0 saturated heterocycles. The molecule has 0 radical (unpaired) electrons. The maximum Gasteiger partial charge on any atom is 0.306 e. The Kier molecular flexibility index (Phi) is 5.34. The fourth-order valence-corrected chi connectivity index (χ4v) is 1.04. The maximum atomic E-state index is 11.3. The van der Waals surface area contributed by atoms with Gasteiger partial charge in [0.25, 0.3) is 0 Å². The first-order valence-electron chi connectivity index (χ1n) is 5.31. The van der Waals surface area contributed by atoms with Crippen LogP contribution < -0.4 is 0 Å². The van der Waals surface area contributed by atoms with Crippen molar-refractivity contribution in [2.75, 3.05) is 0 Å². The molecule has 0 aromatic heterocycles. The Morgan fingerprint density at radius 1 is 1.47 bits per heavy atom. The SMILES string of the molecule is C=CC(C)(C)[C@H](C=C(C)C)OC(=O)CC. The van der Waals surface area contributed by atoms with Crippen molar-refractivity contribution in [1.29, 1.82) is 0 Å². The molecule has 0 aromatic carbocycles. The van der Waals surface area contributed by atoms with Gasteiger partial charge in [0, 0.05) is 11.8 Å². The summed E-state index contributed by atoms with van der Waals surface area (Å²) in [5, 5.41) is 0. The minimum Gasteiger partial charge on any atom is -0.457 e. The van der Waals surface area contributed by atoms with E-state index >= 15 is 0 Å². The highest BCUT2D eigenvalue weighted by molar-refractivity contribution is 5.69. The second-order valence-electron chi connectivity index (χ2n) is 4.53. The third-order valence-electron chi connectivity index (χ3n) is 2.29. The number of hydrogen-bond acceptors (Lipinski definition) is 2. The second kappa shape index (κ2) is 5.74. The number of carbonyl (C=O) groups excluding carboxylic acids is 1. The van der Waals surface area contributed by atoms with Gasteiger partial charge in [0.05, 0.1) is 0 Å². The predicted octanol–water partition coefficient (Wildman–Crippen LogP) is 3.49. The first kappa shape index (κ1) is 13.9. The van der Waals surface area contributed by atoms with Crippen molar-refractivity contribution in [3.63, 3.8) is 0 Å². The summed E-state index contributed by atoms with van der Waals surface area (Å²) in [6.07, 6.45) is 3.96. The van der Waals surface area contributed by atoms with E-state index in [4.69, 9.17) is 4.74 Å². The van der Waals surface area contributed by atoms with E-state index in [1.807, 2.05) is 39.8 Å². The number of carbonyl (C=O) groups is 1. The monoisotopic (exact) mass is 210 g/mol. The quantitative estimate of drug-likeness (QED) is 0.513. The third-order valence-corrected chi connectivity index (χ3v) is 2.29. The molecule has 0 aliphatic carbocycles. The first-order valence-corrected chi connectivity index (χ1v) is 5.31. The Morgan fingerprint density at radius 2 is 2.00 bits per heavy atom. The summed E-state index contributed by atoms with van der Waals surface area (Å²) in [5.41, 5.74) is 0.904. The van der Waals surface area contributed by atoms with Crippen LogP contribution in [0, 0.1) is 5.41 Å². The molecular formula is C13H22O2. The molecular weight excluding hydrogens is 188 g/mol. The van der Waals surface area contributed by atoms with Crippen molar-refractivity contribution in [2.24, 2.45) is 5.41 Å². The lowest BCUT2D eigenvalue weighted by Crippen LogP contribution is -2.30. The Morgan fingerprint density at radius 3 is 2.33 bits per heavy atom. The predicted molar refractivity (Wildman–Crippen MR) is 63.6 cm³/mol. The molecule has 2 heteroatoms. The number of ether oxygens (including phenoxy) is 1. The van der Waals surface area contributed by atoms with Gasteiger partial charge in [0.1, 0.15) is 6.10 Å². The van der Waals surface area contributed by atoms with Gasteiger partial charge in [-0.15, -0.1) is 6.58 Å². The van der Waals surface area contributed by atoms with Crippen LogP contribution in [0.1, 0.15) is 41.0 Å². The molecule has 0 heterocycles. The van der Waals surface area contributed by atoms with E-state index in [1.54, 1.807) is 6.92 Å². The van der Waals surface area contributed by atoms with E-state index in [2.05, 4.69) is 6.58 Å². The number of rotatable bonds is 5. The molecule has 1 atom stereocenters. The van der Waals surface area contributed by atoms with Gasteiger partial charge in [-0.25, -0.2) is 0 Å². The minimum absolute atomic E-state index is 0.174. The lowest BCUT2D eigenvalue weighted by Gasteiger charge is -2.29. The molecule has 0 saturated carbocycles. The maximum absolute atomic E-state index is 11.3. The van der Waals surface area contributed by atoms with Gasteiger partial charge in [-0.1, -0.05) is 32.4 Å². The zero-order valence-corrected chi connectivity index (χ0v) is 10.5. The van der Waals surface area contributed by atoms with E-state index in [9.17, 15) is 4.79 Å². The highest BCUT2D eigenvalue weighted by Gasteiger charge is 2.27. The lowest BCUT2D eigenvalue weighted by molar-refractivity contribution is -0.150. The van der Waals surface area contributed by atoms with Crippen molar-refractivity contribution < 1.29 is 9.53 Å². The molecule has 0 N–H and O–H groups in total. The van der Waals surface area contributed by atoms with Gasteiger partial charge in [-0.3, -0.25) is 4.79 Å². The lowest BCUT2D eigenvalue weighted by atomic mass is 9.85. The highest BCUT2D eigenvalue weighted by Crippen LogP contribution is 2.26. The highest BCUT2D eigenvalue weighted by atomic mass is 16.5. The number of hydrogen-bond donors (Lipinski definition) is 0. The summed E-state index contributed by atoms with van der Waals surface area (Å²) >= 11 is 0. The second-order valence-corrected chi connectivity index (χ2v) is 4.53. The summed E-state index contributed by atoms with van der Waals surface area (Å²) in [5.74, 6) is -0.174. The fraction of sp³-hybridized carbons (Fsp3) is 0.615. The van der Waals surface area contributed by atoms with Crippen molar-refractivity contribution in [1.82, 2.24) is 0 Å². The Labute approximate surface area is 93.0 Å². The first-order chi connectivity index (χ1) is 6.83. The molecule has 0 aliphatic heterocycles. The van der Waals surface area contributed by atoms with Crippen LogP contribution in [0.5, 0.6) is 0 Å². The number of allylic oxidation sites excluding steroid dienone is 1. The van der Waals surface area contributed by atoms with Crippen LogP contribution in [0.25, 0.3) is 0 Å². The Hall–Kier alpha value is -1.05. The van der Waals surface area contributed by atoms with Crippen molar-refractivity contribution in [2.45, 2.75) is 47.1 Å². The summed E-state index contributed by atoms with van der Waals surface area (Å²) in [6, 6.07) is 0. The molecule has 15 heavy (non-hydrogen) atoms. The zero-order valence-electron chi connectivity index (χ0n) is 10.5. The molecule has 0 fully saturated rings. The molecule has 0 amide bonds. The van der Waals surface area contributed by atoms with Gasteiger partial charge in [-0.2, -0.15) is 0 Å². The van der Waals surface area contributed by atoms with Crippen LogP contribution in [0.4, 0.5) is 0 Å². The number of esters is 1.